The van der Waals surface area contributed by atoms with Gasteiger partial charge >= 0.3 is 0 Å². The van der Waals surface area contributed by atoms with E-state index in [9.17, 15) is 4.79 Å². The van der Waals surface area contributed by atoms with Crippen LogP contribution >= 0.6 is 0 Å². The van der Waals surface area contributed by atoms with Gasteiger partial charge in [0.2, 0.25) is 0 Å². The minimum absolute atomic E-state index is 0.0160. The molecule has 0 bridgehead atoms. The van der Waals surface area contributed by atoms with Crippen LogP contribution in [0.1, 0.15) is 30.4 Å². The minimum atomic E-state index is 0.0160. The van der Waals surface area contributed by atoms with E-state index >= 15 is 0 Å². The van der Waals surface area contributed by atoms with Crippen LogP contribution in [0, 0.1) is 0 Å². The molecular formula is C13H24N4O. The summed E-state index contributed by atoms with van der Waals surface area (Å²) in [7, 11) is 5.81. The largest absolute Gasteiger partial charge is 0.397 e. The first-order valence-corrected chi connectivity index (χ1v) is 6.20. The Labute approximate surface area is 109 Å². The van der Waals surface area contributed by atoms with Crippen LogP contribution in [0.5, 0.6) is 0 Å². The fourth-order valence-electron chi connectivity index (χ4n) is 1.75. The maximum atomic E-state index is 12.3. The fraction of sp³-hybridized carbons (Fsp3) is 0.615. The number of nitrogens with two attached hydrogens (primary N) is 1. The van der Waals surface area contributed by atoms with E-state index in [-0.39, 0.29) is 11.9 Å². The van der Waals surface area contributed by atoms with Crippen LogP contribution < -0.4 is 5.73 Å². The van der Waals surface area contributed by atoms with Crippen LogP contribution in [0.3, 0.4) is 0 Å². The van der Waals surface area contributed by atoms with Crippen molar-refractivity contribution >= 4 is 11.6 Å². The standard InChI is InChI=1S/C13H24N4O/c1-10(2)17-9-11(14)8-12(17)13(18)16(5)7-6-15(3)4/h8-10H,6-7,14H2,1-5H3. The zero-order valence-corrected chi connectivity index (χ0v) is 12.0. The molecule has 0 saturated carbocycles. The first kappa shape index (κ1) is 14.6. The van der Waals surface area contributed by atoms with Crippen molar-refractivity contribution in [3.8, 4) is 0 Å². The lowest BCUT2D eigenvalue weighted by molar-refractivity contribution is 0.0774. The number of nitrogens with zero attached hydrogens (tertiary/aromatic N) is 3. The maximum Gasteiger partial charge on any atom is 0.270 e. The summed E-state index contributed by atoms with van der Waals surface area (Å²) in [6, 6.07) is 1.97. The maximum absolute atomic E-state index is 12.3. The summed E-state index contributed by atoms with van der Waals surface area (Å²) in [5.74, 6) is 0.0160. The molecule has 0 unspecified atom stereocenters. The summed E-state index contributed by atoms with van der Waals surface area (Å²) in [6.07, 6.45) is 1.82. The lowest BCUT2D eigenvalue weighted by Gasteiger charge is -2.21. The van der Waals surface area contributed by atoms with Crippen LogP contribution in [-0.4, -0.2) is 54.5 Å². The second kappa shape index (κ2) is 5.91. The van der Waals surface area contributed by atoms with Crippen molar-refractivity contribution in [2.24, 2.45) is 0 Å². The predicted molar refractivity (Wildman–Crippen MR) is 74.7 cm³/mol. The molecule has 0 aromatic carbocycles. The van der Waals surface area contributed by atoms with Gasteiger partial charge in [-0.1, -0.05) is 0 Å². The summed E-state index contributed by atoms with van der Waals surface area (Å²) in [6.45, 7) is 5.63. The number of anilines is 1. The highest BCUT2D eigenvalue weighted by atomic mass is 16.2. The monoisotopic (exact) mass is 252 g/mol. The quantitative estimate of drug-likeness (QED) is 0.859. The molecular weight excluding hydrogens is 228 g/mol. The Hall–Kier alpha value is -1.49. The topological polar surface area (TPSA) is 54.5 Å². The Bertz CT molecular complexity index is 409. The van der Waals surface area contributed by atoms with Crippen LogP contribution in [0.25, 0.3) is 0 Å². The summed E-state index contributed by atoms with van der Waals surface area (Å²) in [4.78, 5) is 16.1. The lowest BCUT2D eigenvalue weighted by atomic mass is 10.3. The van der Waals surface area contributed by atoms with Crippen molar-refractivity contribution in [1.29, 1.82) is 0 Å². The van der Waals surface area contributed by atoms with E-state index in [0.717, 1.165) is 6.54 Å². The summed E-state index contributed by atoms with van der Waals surface area (Å²) < 4.78 is 1.92. The summed E-state index contributed by atoms with van der Waals surface area (Å²) >= 11 is 0. The van der Waals surface area contributed by atoms with E-state index in [0.29, 0.717) is 17.9 Å². The smallest absolute Gasteiger partial charge is 0.270 e. The highest BCUT2D eigenvalue weighted by Crippen LogP contribution is 2.17. The molecule has 1 heterocycles. The number of aromatic nitrogens is 1. The molecule has 1 aromatic heterocycles. The molecule has 5 heteroatoms. The first-order valence-electron chi connectivity index (χ1n) is 6.20. The molecule has 1 amide bonds. The van der Waals surface area contributed by atoms with Crippen molar-refractivity contribution in [2.75, 3.05) is 40.0 Å². The Kier molecular flexibility index (Phi) is 4.78. The zero-order chi connectivity index (χ0) is 13.9. The highest BCUT2D eigenvalue weighted by Gasteiger charge is 2.18. The van der Waals surface area contributed by atoms with Gasteiger partial charge < -0.3 is 20.1 Å². The molecule has 0 fully saturated rings. The van der Waals surface area contributed by atoms with Crippen molar-refractivity contribution in [3.05, 3.63) is 18.0 Å². The highest BCUT2D eigenvalue weighted by molar-refractivity contribution is 5.93. The van der Waals surface area contributed by atoms with E-state index in [2.05, 4.69) is 4.90 Å². The normalized spacial score (nSPS) is 11.3. The third kappa shape index (κ3) is 3.50. The van der Waals surface area contributed by atoms with Crippen LogP contribution in [0.15, 0.2) is 12.3 Å². The minimum Gasteiger partial charge on any atom is -0.397 e. The number of carbonyl (C=O) groups excluding carboxylic acids is 1. The number of amides is 1. The van der Waals surface area contributed by atoms with Gasteiger partial charge in [0, 0.05) is 32.4 Å². The SMILES string of the molecule is CC(C)n1cc(N)cc1C(=O)N(C)CCN(C)C. The fourth-order valence-corrected chi connectivity index (χ4v) is 1.75. The molecule has 0 atom stereocenters. The molecule has 5 nitrogen and oxygen atoms in total. The van der Waals surface area contributed by atoms with E-state index in [4.69, 9.17) is 5.73 Å². The molecule has 18 heavy (non-hydrogen) atoms. The Balaban J connectivity index is 2.83. The van der Waals surface area contributed by atoms with Gasteiger partial charge in [0.05, 0.1) is 5.69 Å². The second-order valence-corrected chi connectivity index (χ2v) is 5.19. The molecule has 0 aliphatic rings. The molecule has 0 radical (unpaired) electrons. The Morgan fingerprint density at radius 2 is 1.94 bits per heavy atom. The van der Waals surface area contributed by atoms with Gasteiger partial charge in [-0.2, -0.15) is 0 Å². The number of hydrogen-bond donors (Lipinski definition) is 1. The zero-order valence-electron chi connectivity index (χ0n) is 12.0. The van der Waals surface area contributed by atoms with Gasteiger partial charge in [-0.25, -0.2) is 0 Å². The molecule has 0 aliphatic heterocycles. The third-order valence-electron chi connectivity index (χ3n) is 2.87. The van der Waals surface area contributed by atoms with E-state index in [1.807, 2.05) is 45.8 Å². The van der Waals surface area contributed by atoms with Gasteiger partial charge in [0.15, 0.2) is 0 Å². The third-order valence-corrected chi connectivity index (χ3v) is 2.87. The van der Waals surface area contributed by atoms with E-state index < -0.39 is 0 Å². The molecule has 1 aromatic rings. The molecule has 0 spiro atoms. The van der Waals surface area contributed by atoms with Gasteiger partial charge in [-0.15, -0.1) is 0 Å². The van der Waals surface area contributed by atoms with Crippen molar-refractivity contribution in [1.82, 2.24) is 14.4 Å². The number of nitrogen functional groups attached to an aromatic ring is 1. The lowest BCUT2D eigenvalue weighted by Crippen LogP contribution is -2.34. The number of rotatable bonds is 5. The predicted octanol–water partition coefficient (Wildman–Crippen LogP) is 1.28. The summed E-state index contributed by atoms with van der Waals surface area (Å²) in [5.41, 5.74) is 7.07. The molecule has 2 N–H and O–H groups in total. The summed E-state index contributed by atoms with van der Waals surface area (Å²) in [5, 5.41) is 0. The molecule has 0 aliphatic carbocycles. The average molecular weight is 252 g/mol. The van der Waals surface area contributed by atoms with E-state index in [1.165, 1.54) is 0 Å². The Morgan fingerprint density at radius 1 is 1.33 bits per heavy atom. The molecule has 0 saturated heterocycles. The molecule has 1 rings (SSSR count). The van der Waals surface area contributed by atoms with Crippen LogP contribution in [-0.2, 0) is 0 Å². The van der Waals surface area contributed by atoms with Crippen molar-refractivity contribution in [2.45, 2.75) is 19.9 Å². The first-order chi connectivity index (χ1) is 8.32. The number of hydrogen-bond acceptors (Lipinski definition) is 3. The van der Waals surface area contributed by atoms with E-state index in [1.54, 1.807) is 11.0 Å². The second-order valence-electron chi connectivity index (χ2n) is 5.19. The van der Waals surface area contributed by atoms with Gasteiger partial charge in [-0.05, 0) is 34.0 Å². The Morgan fingerprint density at radius 3 is 2.44 bits per heavy atom. The van der Waals surface area contributed by atoms with Gasteiger partial charge in [-0.3, -0.25) is 4.79 Å². The van der Waals surface area contributed by atoms with Crippen molar-refractivity contribution in [3.63, 3.8) is 0 Å². The average Bonchev–Trinajstić information content (AvgIpc) is 2.67. The number of likely N-dealkylation sites (N-methyl/N-ethyl adjacent to an activating group) is 2. The van der Waals surface area contributed by atoms with Crippen LogP contribution in [0.2, 0.25) is 0 Å². The van der Waals surface area contributed by atoms with Gasteiger partial charge in [0.1, 0.15) is 5.69 Å². The molecule has 102 valence electrons. The van der Waals surface area contributed by atoms with Crippen LogP contribution in [0.4, 0.5) is 5.69 Å². The van der Waals surface area contributed by atoms with Gasteiger partial charge in [0.25, 0.3) is 5.91 Å². The number of carbonyl (C=O) groups is 1. The van der Waals surface area contributed by atoms with Crippen molar-refractivity contribution < 1.29 is 4.79 Å².